The fraction of sp³-hybridized carbons (Fsp3) is 0.136. The van der Waals surface area contributed by atoms with E-state index in [0.29, 0.717) is 18.0 Å². The van der Waals surface area contributed by atoms with Gasteiger partial charge in [0.2, 0.25) is 0 Å². The van der Waals surface area contributed by atoms with Gasteiger partial charge in [-0.2, -0.15) is 0 Å². The number of thiophene rings is 1. The lowest BCUT2D eigenvalue weighted by Gasteiger charge is -2.10. The van der Waals surface area contributed by atoms with Gasteiger partial charge in [-0.05, 0) is 37.6 Å². The van der Waals surface area contributed by atoms with Crippen LogP contribution in [0.2, 0.25) is 0 Å². The lowest BCUT2D eigenvalue weighted by atomic mass is 10.0. The van der Waals surface area contributed by atoms with Crippen molar-refractivity contribution in [3.8, 4) is 11.1 Å². The molecule has 0 aliphatic heterocycles. The predicted octanol–water partition coefficient (Wildman–Crippen LogP) is 5.59. The molecule has 0 unspecified atom stereocenters. The maximum atomic E-state index is 12.0. The largest absolute Gasteiger partial charge is 0.462 e. The summed E-state index contributed by atoms with van der Waals surface area (Å²) in [5.41, 5.74) is 3.53. The number of benzene rings is 2. The van der Waals surface area contributed by atoms with Crippen LogP contribution in [0.3, 0.4) is 0 Å². The van der Waals surface area contributed by atoms with E-state index in [1.54, 1.807) is 36.7 Å². The molecule has 0 aliphatic rings. The molecule has 2 aromatic heterocycles. The molecule has 0 spiro atoms. The summed E-state index contributed by atoms with van der Waals surface area (Å²) in [6, 6.07) is 17.5. The van der Waals surface area contributed by atoms with Gasteiger partial charge in [0.15, 0.2) is 0 Å². The Bertz CT molecular complexity index is 1140. The first kappa shape index (κ1) is 18.1. The fourth-order valence-electron chi connectivity index (χ4n) is 3.17. The Balaban J connectivity index is 1.78. The third kappa shape index (κ3) is 3.46. The Labute approximate surface area is 167 Å². The number of aryl methyl sites for hydroxylation is 1. The number of fused-ring (bicyclic) bond motifs is 1. The maximum Gasteiger partial charge on any atom is 0.338 e. The van der Waals surface area contributed by atoms with Crippen molar-refractivity contribution in [3.63, 3.8) is 0 Å². The standard InChI is InChI=1S/C22H19N3O2S/c1-3-27-22(26)16-10-7-11-17(12-16)25-20-19-18(15-8-5-4-6-9-15)14(2)28-21(19)24-13-23-20/h4-13H,3H2,1-2H3,(H,23,24,25). The molecule has 6 heteroatoms. The maximum absolute atomic E-state index is 12.0. The van der Waals surface area contributed by atoms with E-state index >= 15 is 0 Å². The van der Waals surface area contributed by atoms with E-state index in [-0.39, 0.29) is 5.97 Å². The van der Waals surface area contributed by atoms with Crippen molar-refractivity contribution in [1.82, 2.24) is 9.97 Å². The summed E-state index contributed by atoms with van der Waals surface area (Å²) in [6.45, 7) is 4.24. The number of esters is 1. The first-order chi connectivity index (χ1) is 13.7. The second kappa shape index (κ2) is 7.78. The van der Waals surface area contributed by atoms with Crippen molar-refractivity contribution in [2.45, 2.75) is 13.8 Å². The van der Waals surface area contributed by atoms with Crippen LogP contribution in [0.15, 0.2) is 60.9 Å². The summed E-state index contributed by atoms with van der Waals surface area (Å²) >= 11 is 1.65. The Kier molecular flexibility index (Phi) is 5.04. The van der Waals surface area contributed by atoms with E-state index in [4.69, 9.17) is 4.74 Å². The lowest BCUT2D eigenvalue weighted by Crippen LogP contribution is -2.05. The summed E-state index contributed by atoms with van der Waals surface area (Å²) < 4.78 is 5.09. The van der Waals surface area contributed by atoms with Crippen molar-refractivity contribution in [3.05, 3.63) is 71.4 Å². The van der Waals surface area contributed by atoms with E-state index in [1.165, 1.54) is 4.88 Å². The van der Waals surface area contributed by atoms with Crippen LogP contribution in [0, 0.1) is 6.92 Å². The van der Waals surface area contributed by atoms with Gasteiger partial charge in [-0.15, -0.1) is 11.3 Å². The van der Waals surface area contributed by atoms with Crippen LogP contribution in [0.4, 0.5) is 11.5 Å². The SMILES string of the molecule is CCOC(=O)c1cccc(Nc2ncnc3sc(C)c(-c4ccccc4)c23)c1. The van der Waals surface area contributed by atoms with Gasteiger partial charge in [0, 0.05) is 16.1 Å². The second-order valence-corrected chi connectivity index (χ2v) is 7.43. The highest BCUT2D eigenvalue weighted by Crippen LogP contribution is 2.40. The van der Waals surface area contributed by atoms with Crippen LogP contribution in [-0.2, 0) is 4.74 Å². The minimum atomic E-state index is -0.338. The zero-order chi connectivity index (χ0) is 19.5. The summed E-state index contributed by atoms with van der Waals surface area (Å²) in [4.78, 5) is 23.1. The van der Waals surface area contributed by atoms with E-state index in [9.17, 15) is 4.79 Å². The first-order valence-corrected chi connectivity index (χ1v) is 9.82. The number of anilines is 2. The predicted molar refractivity (Wildman–Crippen MR) is 113 cm³/mol. The number of nitrogens with zero attached hydrogens (tertiary/aromatic N) is 2. The zero-order valence-corrected chi connectivity index (χ0v) is 16.4. The summed E-state index contributed by atoms with van der Waals surface area (Å²) in [7, 11) is 0. The Morgan fingerprint density at radius 3 is 2.71 bits per heavy atom. The molecule has 0 saturated carbocycles. The molecule has 0 radical (unpaired) electrons. The van der Waals surface area contributed by atoms with Crippen molar-refractivity contribution in [1.29, 1.82) is 0 Å². The molecule has 0 amide bonds. The van der Waals surface area contributed by atoms with Gasteiger partial charge in [-0.25, -0.2) is 14.8 Å². The number of ether oxygens (including phenoxy) is 1. The molecular weight excluding hydrogens is 370 g/mol. The van der Waals surface area contributed by atoms with Crippen molar-refractivity contribution in [2.75, 3.05) is 11.9 Å². The number of nitrogens with one attached hydrogen (secondary N) is 1. The zero-order valence-electron chi connectivity index (χ0n) is 15.6. The highest BCUT2D eigenvalue weighted by Gasteiger charge is 2.17. The van der Waals surface area contributed by atoms with E-state index < -0.39 is 0 Å². The molecule has 0 aliphatic carbocycles. The molecule has 4 aromatic rings. The van der Waals surface area contributed by atoms with Gasteiger partial charge in [-0.1, -0.05) is 36.4 Å². The highest BCUT2D eigenvalue weighted by atomic mass is 32.1. The molecule has 0 fully saturated rings. The summed E-state index contributed by atoms with van der Waals surface area (Å²) in [6.07, 6.45) is 1.56. The Hall–Kier alpha value is -3.25. The molecule has 28 heavy (non-hydrogen) atoms. The van der Waals surface area contributed by atoms with Gasteiger partial charge in [0.25, 0.3) is 0 Å². The van der Waals surface area contributed by atoms with Gasteiger partial charge in [0.05, 0.1) is 17.6 Å². The number of hydrogen-bond acceptors (Lipinski definition) is 6. The second-order valence-electron chi connectivity index (χ2n) is 6.23. The quantitative estimate of drug-likeness (QED) is 0.451. The smallest absolute Gasteiger partial charge is 0.338 e. The Morgan fingerprint density at radius 2 is 1.93 bits per heavy atom. The van der Waals surface area contributed by atoms with Crippen LogP contribution in [0.5, 0.6) is 0 Å². The van der Waals surface area contributed by atoms with Crippen molar-refractivity contribution < 1.29 is 9.53 Å². The summed E-state index contributed by atoms with van der Waals surface area (Å²) in [5, 5.41) is 4.34. The molecule has 5 nitrogen and oxygen atoms in total. The molecule has 140 valence electrons. The minimum Gasteiger partial charge on any atom is -0.462 e. The molecule has 0 bridgehead atoms. The van der Waals surface area contributed by atoms with Gasteiger partial charge >= 0.3 is 5.97 Å². The van der Waals surface area contributed by atoms with Crippen LogP contribution in [-0.4, -0.2) is 22.5 Å². The number of rotatable bonds is 5. The number of aromatic nitrogens is 2. The topological polar surface area (TPSA) is 64.1 Å². The summed E-state index contributed by atoms with van der Waals surface area (Å²) in [5.74, 6) is 0.379. The van der Waals surface area contributed by atoms with Gasteiger partial charge < -0.3 is 10.1 Å². The first-order valence-electron chi connectivity index (χ1n) is 9.01. The number of carbonyl (C=O) groups excluding carboxylic acids is 1. The molecule has 2 heterocycles. The lowest BCUT2D eigenvalue weighted by molar-refractivity contribution is 0.0526. The van der Waals surface area contributed by atoms with Crippen molar-refractivity contribution in [2.24, 2.45) is 0 Å². The molecule has 4 rings (SSSR count). The third-order valence-electron chi connectivity index (χ3n) is 4.36. The fourth-order valence-corrected chi connectivity index (χ4v) is 4.18. The van der Waals surface area contributed by atoms with E-state index in [2.05, 4.69) is 34.3 Å². The number of hydrogen-bond donors (Lipinski definition) is 1. The average Bonchev–Trinajstić information content (AvgIpc) is 3.06. The van der Waals surface area contributed by atoms with Crippen LogP contribution >= 0.6 is 11.3 Å². The highest BCUT2D eigenvalue weighted by molar-refractivity contribution is 7.19. The molecular formula is C22H19N3O2S. The van der Waals surface area contributed by atoms with Gasteiger partial charge in [-0.3, -0.25) is 0 Å². The Morgan fingerprint density at radius 1 is 1.11 bits per heavy atom. The van der Waals surface area contributed by atoms with Crippen LogP contribution in [0.25, 0.3) is 21.3 Å². The van der Waals surface area contributed by atoms with Gasteiger partial charge in [0.1, 0.15) is 17.0 Å². The molecule has 0 atom stereocenters. The van der Waals surface area contributed by atoms with Crippen LogP contribution < -0.4 is 5.32 Å². The third-order valence-corrected chi connectivity index (χ3v) is 5.38. The molecule has 0 saturated heterocycles. The van der Waals surface area contributed by atoms with E-state index in [0.717, 1.165) is 27.0 Å². The minimum absolute atomic E-state index is 0.338. The molecule has 1 N–H and O–H groups in total. The van der Waals surface area contributed by atoms with Crippen molar-refractivity contribution >= 4 is 39.0 Å². The van der Waals surface area contributed by atoms with E-state index in [1.807, 2.05) is 30.3 Å². The normalized spacial score (nSPS) is 10.8. The number of carbonyl (C=O) groups is 1. The monoisotopic (exact) mass is 389 g/mol. The molecule has 2 aromatic carbocycles. The van der Waals surface area contributed by atoms with Crippen LogP contribution in [0.1, 0.15) is 22.2 Å². The average molecular weight is 389 g/mol.